The molecule has 0 heterocycles. The molecule has 0 amide bonds. The van der Waals surface area contributed by atoms with Crippen molar-refractivity contribution in [2.45, 2.75) is 26.7 Å². The molecule has 16 heavy (non-hydrogen) atoms. The minimum absolute atomic E-state index is 0.0923. The summed E-state index contributed by atoms with van der Waals surface area (Å²) in [4.78, 5) is 13.5. The first-order valence-corrected chi connectivity index (χ1v) is 6.37. The van der Waals surface area contributed by atoms with Crippen LogP contribution in [-0.4, -0.2) is 19.4 Å². The maximum Gasteiger partial charge on any atom is 0.160 e. The van der Waals surface area contributed by atoms with E-state index in [1.807, 2.05) is 18.2 Å². The lowest BCUT2D eigenvalue weighted by Gasteiger charge is -2.19. The summed E-state index contributed by atoms with van der Waals surface area (Å²) in [5.74, 6) is 0.0923. The molecule has 1 aromatic rings. The second-order valence-corrected chi connectivity index (χ2v) is 4.85. The summed E-state index contributed by atoms with van der Waals surface area (Å²) in [5.41, 5.74) is 1.89. The van der Waals surface area contributed by atoms with Crippen LogP contribution < -0.4 is 4.90 Å². The molecular formula is C13H18BrNO. The summed E-state index contributed by atoms with van der Waals surface area (Å²) in [6.07, 6.45) is 2.37. The van der Waals surface area contributed by atoms with Crippen molar-refractivity contribution >= 4 is 27.4 Å². The second kappa shape index (κ2) is 6.04. The highest BCUT2D eigenvalue weighted by Crippen LogP contribution is 2.24. The molecule has 88 valence electrons. The summed E-state index contributed by atoms with van der Waals surface area (Å²) < 4.78 is 0.876. The fourth-order valence-electron chi connectivity index (χ4n) is 1.55. The van der Waals surface area contributed by atoms with Crippen LogP contribution in [0.15, 0.2) is 22.7 Å². The van der Waals surface area contributed by atoms with Crippen molar-refractivity contribution in [1.29, 1.82) is 0 Å². The first-order valence-electron chi connectivity index (χ1n) is 5.58. The van der Waals surface area contributed by atoms with Crippen molar-refractivity contribution in [1.82, 2.24) is 0 Å². The number of nitrogens with zero attached hydrogens (tertiary/aromatic N) is 1. The van der Waals surface area contributed by atoms with Gasteiger partial charge in [-0.15, -0.1) is 0 Å². The Morgan fingerprint density at radius 2 is 2.12 bits per heavy atom. The number of hydrogen-bond acceptors (Lipinski definition) is 2. The summed E-state index contributed by atoms with van der Waals surface area (Å²) in [5, 5.41) is 0. The van der Waals surface area contributed by atoms with Gasteiger partial charge in [-0.1, -0.05) is 13.3 Å². The number of hydrogen-bond donors (Lipinski definition) is 0. The SMILES string of the molecule is CCCCN(C)c1ccc(C(C)=O)c(Br)c1. The van der Waals surface area contributed by atoms with Gasteiger partial charge in [0.05, 0.1) is 0 Å². The van der Waals surface area contributed by atoms with Crippen LogP contribution in [-0.2, 0) is 0 Å². The molecule has 0 bridgehead atoms. The number of anilines is 1. The summed E-state index contributed by atoms with van der Waals surface area (Å²) in [6.45, 7) is 4.81. The monoisotopic (exact) mass is 283 g/mol. The van der Waals surface area contributed by atoms with Crippen LogP contribution in [0.4, 0.5) is 5.69 Å². The van der Waals surface area contributed by atoms with Crippen molar-refractivity contribution in [3.63, 3.8) is 0 Å². The zero-order valence-electron chi connectivity index (χ0n) is 10.1. The lowest BCUT2D eigenvalue weighted by Crippen LogP contribution is -2.18. The topological polar surface area (TPSA) is 20.3 Å². The minimum Gasteiger partial charge on any atom is -0.375 e. The molecule has 0 aliphatic heterocycles. The molecule has 0 N–H and O–H groups in total. The van der Waals surface area contributed by atoms with E-state index in [2.05, 4.69) is 34.8 Å². The summed E-state index contributed by atoms with van der Waals surface area (Å²) in [6, 6.07) is 5.88. The van der Waals surface area contributed by atoms with Crippen LogP contribution in [0, 0.1) is 0 Å². The highest BCUT2D eigenvalue weighted by atomic mass is 79.9. The van der Waals surface area contributed by atoms with E-state index in [-0.39, 0.29) is 5.78 Å². The Labute approximate surface area is 106 Å². The van der Waals surface area contributed by atoms with E-state index >= 15 is 0 Å². The Bertz CT molecular complexity index is 376. The van der Waals surface area contributed by atoms with Gasteiger partial charge in [-0.2, -0.15) is 0 Å². The molecular weight excluding hydrogens is 266 g/mol. The van der Waals surface area contributed by atoms with Crippen molar-refractivity contribution in [2.24, 2.45) is 0 Å². The Morgan fingerprint density at radius 1 is 1.44 bits per heavy atom. The molecule has 0 saturated carbocycles. The first-order chi connectivity index (χ1) is 7.56. The minimum atomic E-state index is 0.0923. The number of halogens is 1. The fourth-order valence-corrected chi connectivity index (χ4v) is 2.20. The molecule has 0 unspecified atom stereocenters. The molecule has 0 aliphatic carbocycles. The molecule has 0 aliphatic rings. The van der Waals surface area contributed by atoms with Crippen LogP contribution in [0.1, 0.15) is 37.0 Å². The van der Waals surface area contributed by atoms with Gasteiger partial charge in [0.2, 0.25) is 0 Å². The number of Topliss-reactive ketones (excluding diaryl/α,β-unsaturated/α-hetero) is 1. The van der Waals surface area contributed by atoms with Gasteiger partial charge in [-0.3, -0.25) is 4.79 Å². The highest BCUT2D eigenvalue weighted by Gasteiger charge is 2.07. The van der Waals surface area contributed by atoms with Gasteiger partial charge in [-0.25, -0.2) is 0 Å². The highest BCUT2D eigenvalue weighted by molar-refractivity contribution is 9.10. The predicted molar refractivity (Wildman–Crippen MR) is 72.3 cm³/mol. The van der Waals surface area contributed by atoms with Crippen molar-refractivity contribution in [2.75, 3.05) is 18.5 Å². The number of ketones is 1. The molecule has 0 aromatic heterocycles. The Balaban J connectivity index is 2.84. The van der Waals surface area contributed by atoms with Gasteiger partial charge in [-0.05, 0) is 47.5 Å². The van der Waals surface area contributed by atoms with Gasteiger partial charge < -0.3 is 4.90 Å². The average molecular weight is 284 g/mol. The van der Waals surface area contributed by atoms with Crippen molar-refractivity contribution in [3.05, 3.63) is 28.2 Å². The number of carbonyl (C=O) groups excluding carboxylic acids is 1. The van der Waals surface area contributed by atoms with E-state index in [0.717, 1.165) is 22.3 Å². The third-order valence-corrected chi connectivity index (χ3v) is 3.28. The lowest BCUT2D eigenvalue weighted by atomic mass is 10.1. The fraction of sp³-hybridized carbons (Fsp3) is 0.462. The predicted octanol–water partition coefficient (Wildman–Crippen LogP) is 3.89. The van der Waals surface area contributed by atoms with Gasteiger partial charge in [0.25, 0.3) is 0 Å². The van der Waals surface area contributed by atoms with E-state index in [1.54, 1.807) is 6.92 Å². The van der Waals surface area contributed by atoms with Crippen molar-refractivity contribution in [3.8, 4) is 0 Å². The molecule has 0 fully saturated rings. The van der Waals surface area contributed by atoms with Gasteiger partial charge in [0, 0.05) is 29.3 Å². The molecule has 0 saturated heterocycles. The third kappa shape index (κ3) is 3.34. The number of unbranched alkanes of at least 4 members (excludes halogenated alkanes) is 1. The van der Waals surface area contributed by atoms with E-state index in [0.29, 0.717) is 0 Å². The van der Waals surface area contributed by atoms with Gasteiger partial charge >= 0.3 is 0 Å². The molecule has 3 heteroatoms. The third-order valence-electron chi connectivity index (χ3n) is 2.62. The molecule has 1 aromatic carbocycles. The normalized spacial score (nSPS) is 10.2. The molecule has 0 spiro atoms. The maximum atomic E-state index is 11.3. The molecule has 1 rings (SSSR count). The van der Waals surface area contributed by atoms with E-state index in [1.165, 1.54) is 12.8 Å². The Hall–Kier alpha value is -0.830. The largest absolute Gasteiger partial charge is 0.375 e. The average Bonchev–Trinajstić information content (AvgIpc) is 2.25. The van der Waals surface area contributed by atoms with Crippen LogP contribution in [0.5, 0.6) is 0 Å². The van der Waals surface area contributed by atoms with Crippen LogP contribution in [0.25, 0.3) is 0 Å². The Kier molecular flexibility index (Phi) is 5.00. The maximum absolute atomic E-state index is 11.3. The van der Waals surface area contributed by atoms with E-state index in [4.69, 9.17) is 0 Å². The quantitative estimate of drug-likeness (QED) is 0.765. The van der Waals surface area contributed by atoms with E-state index in [9.17, 15) is 4.79 Å². The first kappa shape index (κ1) is 13.2. The Morgan fingerprint density at radius 3 is 2.62 bits per heavy atom. The lowest BCUT2D eigenvalue weighted by molar-refractivity contribution is 0.101. The standard InChI is InChI=1S/C13H18BrNO/c1-4-5-8-15(3)11-6-7-12(10(2)16)13(14)9-11/h6-7,9H,4-5,8H2,1-3H3. The number of carbonyl (C=O) groups is 1. The van der Waals surface area contributed by atoms with Crippen LogP contribution in [0.2, 0.25) is 0 Å². The number of benzene rings is 1. The van der Waals surface area contributed by atoms with Crippen molar-refractivity contribution < 1.29 is 4.79 Å². The van der Waals surface area contributed by atoms with Gasteiger partial charge in [0.15, 0.2) is 5.78 Å². The van der Waals surface area contributed by atoms with E-state index < -0.39 is 0 Å². The second-order valence-electron chi connectivity index (χ2n) is 4.00. The zero-order chi connectivity index (χ0) is 12.1. The molecule has 0 radical (unpaired) electrons. The van der Waals surface area contributed by atoms with Crippen LogP contribution in [0.3, 0.4) is 0 Å². The number of rotatable bonds is 5. The molecule has 0 atom stereocenters. The summed E-state index contributed by atoms with van der Waals surface area (Å²) in [7, 11) is 2.07. The smallest absolute Gasteiger partial charge is 0.160 e. The van der Waals surface area contributed by atoms with Gasteiger partial charge in [0.1, 0.15) is 0 Å². The molecule has 2 nitrogen and oxygen atoms in total. The summed E-state index contributed by atoms with van der Waals surface area (Å²) >= 11 is 3.44. The van der Waals surface area contributed by atoms with Crippen LogP contribution >= 0.6 is 15.9 Å². The zero-order valence-corrected chi connectivity index (χ0v) is 11.7.